The van der Waals surface area contributed by atoms with Gasteiger partial charge in [-0.25, -0.2) is 13.8 Å². The van der Waals surface area contributed by atoms with Crippen LogP contribution in [0.1, 0.15) is 23.2 Å². The smallest absolute Gasteiger partial charge is 0.280 e. The van der Waals surface area contributed by atoms with Gasteiger partial charge in [-0.3, -0.25) is 0 Å². The van der Waals surface area contributed by atoms with Crippen LogP contribution in [0.3, 0.4) is 0 Å². The van der Waals surface area contributed by atoms with Crippen LogP contribution in [0.2, 0.25) is 0 Å². The number of rotatable bonds is 3. The Morgan fingerprint density at radius 1 is 1.50 bits per heavy atom. The van der Waals surface area contributed by atoms with Crippen LogP contribution >= 0.6 is 11.6 Å². The van der Waals surface area contributed by atoms with Crippen molar-refractivity contribution in [2.24, 2.45) is 0 Å². The lowest BCUT2D eigenvalue weighted by molar-refractivity contribution is 0.145. The van der Waals surface area contributed by atoms with E-state index in [9.17, 15) is 8.78 Å². The van der Waals surface area contributed by atoms with Gasteiger partial charge in [-0.15, -0.1) is 11.6 Å². The van der Waals surface area contributed by atoms with Crippen molar-refractivity contribution < 1.29 is 13.9 Å². The number of hydrogen-bond donors (Lipinski definition) is 2. The number of nitrogens with two attached hydrogens (primary N) is 1. The molecule has 1 aromatic heterocycles. The molecule has 0 spiro atoms. The average Bonchev–Trinajstić information content (AvgIpc) is 2.17. The summed E-state index contributed by atoms with van der Waals surface area (Å²) in [7, 11) is 0. The molecule has 0 unspecified atom stereocenters. The summed E-state index contributed by atoms with van der Waals surface area (Å²) >= 11 is 5.46. The van der Waals surface area contributed by atoms with Gasteiger partial charge >= 0.3 is 0 Å². The molecule has 0 aliphatic carbocycles. The predicted molar refractivity (Wildman–Crippen MR) is 49.1 cm³/mol. The first kappa shape index (κ1) is 11.1. The van der Waals surface area contributed by atoms with Gasteiger partial charge in [0.05, 0.1) is 6.61 Å². The van der Waals surface area contributed by atoms with E-state index in [1.807, 2.05) is 0 Å². The van der Waals surface area contributed by atoms with Crippen molar-refractivity contribution in [1.29, 1.82) is 0 Å². The van der Waals surface area contributed by atoms with E-state index in [0.717, 1.165) is 0 Å². The second-order valence-electron chi connectivity index (χ2n) is 2.67. The number of alkyl halides is 3. The molecule has 78 valence electrons. The van der Waals surface area contributed by atoms with E-state index in [-0.39, 0.29) is 23.9 Å². The van der Waals surface area contributed by atoms with E-state index in [0.29, 0.717) is 5.56 Å². The Labute approximate surface area is 84.5 Å². The summed E-state index contributed by atoms with van der Waals surface area (Å²) in [4.78, 5) is 3.50. The van der Waals surface area contributed by atoms with Gasteiger partial charge in [0.1, 0.15) is 11.5 Å². The number of nitrogens with zero attached hydrogens (tertiary/aromatic N) is 1. The molecule has 3 N–H and O–H groups in total. The number of aliphatic hydroxyl groups excluding tert-OH is 1. The van der Waals surface area contributed by atoms with Gasteiger partial charge < -0.3 is 10.8 Å². The quantitative estimate of drug-likeness (QED) is 0.768. The SMILES string of the molecule is Nc1nc(C(F)F)c(CCl)cc1CO. The van der Waals surface area contributed by atoms with Crippen molar-refractivity contribution in [3.63, 3.8) is 0 Å². The van der Waals surface area contributed by atoms with E-state index < -0.39 is 12.1 Å². The van der Waals surface area contributed by atoms with Crippen molar-refractivity contribution in [2.45, 2.75) is 18.9 Å². The summed E-state index contributed by atoms with van der Waals surface area (Å²) in [6, 6.07) is 1.34. The van der Waals surface area contributed by atoms with E-state index in [2.05, 4.69) is 4.98 Å². The maximum Gasteiger partial charge on any atom is 0.280 e. The molecule has 14 heavy (non-hydrogen) atoms. The van der Waals surface area contributed by atoms with Gasteiger partial charge in [0.2, 0.25) is 0 Å². The van der Waals surface area contributed by atoms with Crippen molar-refractivity contribution in [1.82, 2.24) is 4.98 Å². The Hall–Kier alpha value is -0.940. The number of aliphatic hydroxyl groups is 1. The lowest BCUT2D eigenvalue weighted by Crippen LogP contribution is -2.05. The van der Waals surface area contributed by atoms with Crippen LogP contribution < -0.4 is 5.73 Å². The molecule has 1 heterocycles. The minimum atomic E-state index is -2.71. The second-order valence-corrected chi connectivity index (χ2v) is 2.94. The third-order valence-electron chi connectivity index (χ3n) is 1.77. The van der Waals surface area contributed by atoms with Crippen LogP contribution in [0.4, 0.5) is 14.6 Å². The topological polar surface area (TPSA) is 59.1 Å². The Bertz CT molecular complexity index is 333. The highest BCUT2D eigenvalue weighted by Crippen LogP contribution is 2.25. The molecule has 0 aromatic carbocycles. The number of pyridine rings is 1. The molecule has 0 fully saturated rings. The minimum absolute atomic E-state index is 0.0834. The number of hydrogen-bond acceptors (Lipinski definition) is 3. The molecule has 0 aliphatic rings. The van der Waals surface area contributed by atoms with Crippen molar-refractivity contribution in [2.75, 3.05) is 5.73 Å². The van der Waals surface area contributed by atoms with Gasteiger partial charge in [-0.05, 0) is 11.6 Å². The molecule has 1 aromatic rings. The van der Waals surface area contributed by atoms with Gasteiger partial charge in [0.15, 0.2) is 0 Å². The number of nitrogen functional groups attached to an aromatic ring is 1. The van der Waals surface area contributed by atoms with Crippen LogP contribution in [0.15, 0.2) is 6.07 Å². The first-order valence-corrected chi connectivity index (χ1v) is 4.36. The summed E-state index contributed by atoms with van der Waals surface area (Å²) in [5.41, 5.74) is 5.43. The fourth-order valence-electron chi connectivity index (χ4n) is 1.05. The summed E-state index contributed by atoms with van der Waals surface area (Å²) in [6.45, 7) is -0.341. The maximum atomic E-state index is 12.4. The lowest BCUT2D eigenvalue weighted by atomic mass is 10.1. The van der Waals surface area contributed by atoms with Gasteiger partial charge in [0, 0.05) is 11.4 Å². The highest BCUT2D eigenvalue weighted by atomic mass is 35.5. The maximum absolute atomic E-state index is 12.4. The van der Waals surface area contributed by atoms with Crippen molar-refractivity contribution >= 4 is 17.4 Å². The Morgan fingerprint density at radius 3 is 2.57 bits per heavy atom. The molecule has 0 bridgehead atoms. The zero-order valence-corrected chi connectivity index (χ0v) is 7.93. The number of anilines is 1. The predicted octanol–water partition coefficient (Wildman–Crippen LogP) is 1.83. The van der Waals surface area contributed by atoms with E-state index >= 15 is 0 Å². The summed E-state index contributed by atoms with van der Waals surface area (Å²) in [5, 5.41) is 8.82. The first-order chi connectivity index (χ1) is 6.60. The fourth-order valence-corrected chi connectivity index (χ4v) is 1.27. The van der Waals surface area contributed by atoms with Gasteiger partial charge in [0.25, 0.3) is 6.43 Å². The molecule has 0 amide bonds. The molecule has 6 heteroatoms. The highest BCUT2D eigenvalue weighted by Gasteiger charge is 2.16. The second kappa shape index (κ2) is 4.52. The van der Waals surface area contributed by atoms with Crippen LogP contribution in [0.25, 0.3) is 0 Å². The van der Waals surface area contributed by atoms with Crippen LogP contribution in [-0.2, 0) is 12.5 Å². The van der Waals surface area contributed by atoms with E-state index in [1.54, 1.807) is 0 Å². The third-order valence-corrected chi connectivity index (χ3v) is 2.06. The zero-order chi connectivity index (χ0) is 10.7. The Morgan fingerprint density at radius 2 is 2.14 bits per heavy atom. The highest BCUT2D eigenvalue weighted by molar-refractivity contribution is 6.17. The summed E-state index contributed by atoms with van der Waals surface area (Å²) in [6.07, 6.45) is -2.71. The summed E-state index contributed by atoms with van der Waals surface area (Å²) < 4.78 is 24.8. The van der Waals surface area contributed by atoms with Crippen LogP contribution in [0, 0.1) is 0 Å². The van der Waals surface area contributed by atoms with Gasteiger partial charge in [-0.2, -0.15) is 0 Å². The molecule has 0 aliphatic heterocycles. The molecule has 3 nitrogen and oxygen atoms in total. The monoisotopic (exact) mass is 222 g/mol. The van der Waals surface area contributed by atoms with Gasteiger partial charge in [-0.1, -0.05) is 0 Å². The first-order valence-electron chi connectivity index (χ1n) is 3.83. The molecule has 0 saturated carbocycles. The van der Waals surface area contributed by atoms with Crippen molar-refractivity contribution in [3.05, 3.63) is 22.9 Å². The summed E-state index contributed by atoms with van der Waals surface area (Å²) in [5.74, 6) is -0.170. The molecule has 1 rings (SSSR count). The van der Waals surface area contributed by atoms with Crippen LogP contribution in [0.5, 0.6) is 0 Å². The fraction of sp³-hybridized carbons (Fsp3) is 0.375. The molecular weight excluding hydrogens is 214 g/mol. The normalized spacial score (nSPS) is 10.9. The average molecular weight is 223 g/mol. The standard InChI is InChI=1S/C8H9ClF2N2O/c9-2-4-1-5(3-14)8(12)13-6(4)7(10)11/h1,7,14H,2-3H2,(H2,12,13). The molecular formula is C8H9ClF2N2O. The largest absolute Gasteiger partial charge is 0.392 e. The molecule has 0 atom stereocenters. The molecule has 0 radical (unpaired) electrons. The zero-order valence-electron chi connectivity index (χ0n) is 7.17. The number of halogens is 3. The third kappa shape index (κ3) is 2.10. The minimum Gasteiger partial charge on any atom is -0.392 e. The Balaban J connectivity index is 3.24. The number of aromatic nitrogens is 1. The van der Waals surface area contributed by atoms with E-state index in [4.69, 9.17) is 22.4 Å². The van der Waals surface area contributed by atoms with E-state index in [1.165, 1.54) is 6.07 Å². The molecule has 0 saturated heterocycles. The van der Waals surface area contributed by atoms with Crippen molar-refractivity contribution in [3.8, 4) is 0 Å². The van der Waals surface area contributed by atoms with Crippen LogP contribution in [-0.4, -0.2) is 10.1 Å². The lowest BCUT2D eigenvalue weighted by Gasteiger charge is -2.09. The Kier molecular flexibility index (Phi) is 3.60.